The van der Waals surface area contributed by atoms with E-state index >= 15 is 0 Å². The summed E-state index contributed by atoms with van der Waals surface area (Å²) in [4.78, 5) is 0. The van der Waals surface area contributed by atoms with Crippen molar-refractivity contribution in [3.63, 3.8) is 0 Å². The highest BCUT2D eigenvalue weighted by Gasteiger charge is 2.81. The van der Waals surface area contributed by atoms with E-state index in [1.165, 1.54) is 44.7 Å². The number of rotatable bonds is 8. The van der Waals surface area contributed by atoms with Crippen LogP contribution in [0, 0.1) is 35.0 Å². The van der Waals surface area contributed by atoms with E-state index in [0.29, 0.717) is 0 Å². The maximum Gasteiger partial charge on any atom is -0.00464 e. The second kappa shape index (κ2) is 4.81. The van der Waals surface area contributed by atoms with Crippen LogP contribution in [0.15, 0.2) is 0 Å². The molecule has 4 fully saturated rings. The van der Waals surface area contributed by atoms with Crippen molar-refractivity contribution in [1.82, 2.24) is 5.32 Å². The van der Waals surface area contributed by atoms with E-state index in [9.17, 15) is 0 Å². The van der Waals surface area contributed by atoms with Gasteiger partial charge in [-0.2, -0.15) is 0 Å². The van der Waals surface area contributed by atoms with E-state index in [1.807, 2.05) is 0 Å². The molecule has 1 heteroatoms. The van der Waals surface area contributed by atoms with Crippen LogP contribution in [0.4, 0.5) is 0 Å². The van der Waals surface area contributed by atoms with Crippen molar-refractivity contribution in [2.75, 3.05) is 13.1 Å². The minimum atomic E-state index is 0.883. The van der Waals surface area contributed by atoms with Gasteiger partial charge >= 0.3 is 0 Å². The second-order valence-corrected chi connectivity index (χ2v) is 7.47. The molecule has 5 unspecified atom stereocenters. The Hall–Kier alpha value is -0.0400. The highest BCUT2D eigenvalue weighted by Crippen LogP contribution is 2.86. The number of nitrogens with one attached hydrogen (secondary N) is 1. The van der Waals surface area contributed by atoms with Gasteiger partial charge in [0.2, 0.25) is 0 Å². The number of hydrogen-bond donors (Lipinski definition) is 1. The standard InChI is InChI=1S/C17H31N/c1-4-5-9-18-10-7-12(2)11-15-14-6-8-17(15)13(3)16(14)17/h12-16,18H,4-11H2,1-3H3/t12?,13?,14?,15?,16?,17-/m1/s1. The molecule has 104 valence electrons. The molecule has 0 saturated heterocycles. The molecule has 2 bridgehead atoms. The summed E-state index contributed by atoms with van der Waals surface area (Å²) in [5.41, 5.74) is 0.883. The van der Waals surface area contributed by atoms with Crippen molar-refractivity contribution in [3.8, 4) is 0 Å². The van der Waals surface area contributed by atoms with Crippen molar-refractivity contribution in [1.29, 1.82) is 0 Å². The number of hydrogen-bond acceptors (Lipinski definition) is 1. The van der Waals surface area contributed by atoms with Crippen molar-refractivity contribution in [2.45, 2.75) is 59.3 Å². The quantitative estimate of drug-likeness (QED) is 0.639. The minimum Gasteiger partial charge on any atom is -0.317 e. The van der Waals surface area contributed by atoms with Gasteiger partial charge in [0.25, 0.3) is 0 Å². The Labute approximate surface area is 113 Å². The van der Waals surface area contributed by atoms with Gasteiger partial charge in [0.15, 0.2) is 0 Å². The zero-order valence-corrected chi connectivity index (χ0v) is 12.5. The largest absolute Gasteiger partial charge is 0.317 e. The van der Waals surface area contributed by atoms with Crippen LogP contribution in [-0.4, -0.2) is 13.1 Å². The van der Waals surface area contributed by atoms with Crippen LogP contribution in [0.25, 0.3) is 0 Å². The summed E-state index contributed by atoms with van der Waals surface area (Å²) in [5.74, 6) is 5.49. The van der Waals surface area contributed by atoms with Crippen LogP contribution in [0.1, 0.15) is 59.3 Å². The Balaban J connectivity index is 1.34. The molecule has 1 spiro atoms. The van der Waals surface area contributed by atoms with Crippen LogP contribution >= 0.6 is 0 Å². The molecule has 0 aromatic carbocycles. The number of unbranched alkanes of at least 4 members (excludes halogenated alkanes) is 1. The molecule has 0 aromatic rings. The predicted molar refractivity (Wildman–Crippen MR) is 77.5 cm³/mol. The molecule has 0 amide bonds. The van der Waals surface area contributed by atoms with E-state index < -0.39 is 0 Å². The number of fused-ring (bicyclic) bond motifs is 1. The van der Waals surface area contributed by atoms with Gasteiger partial charge < -0.3 is 5.32 Å². The molecular formula is C17H31N. The molecule has 1 nitrogen and oxygen atoms in total. The van der Waals surface area contributed by atoms with E-state index in [-0.39, 0.29) is 0 Å². The zero-order valence-electron chi connectivity index (χ0n) is 12.5. The van der Waals surface area contributed by atoms with E-state index in [1.54, 1.807) is 12.8 Å². The van der Waals surface area contributed by atoms with E-state index in [0.717, 1.165) is 29.1 Å². The average Bonchev–Trinajstić information content (AvgIpc) is 2.74. The molecule has 4 aliphatic rings. The molecule has 0 aliphatic heterocycles. The predicted octanol–water partition coefficient (Wildman–Crippen LogP) is 4.08. The first-order valence-electron chi connectivity index (χ1n) is 8.42. The Morgan fingerprint density at radius 2 is 2.17 bits per heavy atom. The van der Waals surface area contributed by atoms with E-state index in [2.05, 4.69) is 26.1 Å². The fourth-order valence-corrected chi connectivity index (χ4v) is 5.68. The summed E-state index contributed by atoms with van der Waals surface area (Å²) < 4.78 is 0. The maximum atomic E-state index is 3.59. The fraction of sp³-hybridized carbons (Fsp3) is 1.00. The molecular weight excluding hydrogens is 218 g/mol. The molecule has 18 heavy (non-hydrogen) atoms. The van der Waals surface area contributed by atoms with Crippen molar-refractivity contribution >= 4 is 0 Å². The lowest BCUT2D eigenvalue weighted by molar-refractivity contribution is 0.111. The summed E-state index contributed by atoms with van der Waals surface area (Å²) in [5, 5.41) is 3.59. The SMILES string of the molecule is CCCCNCCC(C)CC1C2CC[C@@]13C(C)C23. The maximum absolute atomic E-state index is 3.59. The lowest BCUT2D eigenvalue weighted by atomic mass is 9.68. The van der Waals surface area contributed by atoms with Crippen molar-refractivity contribution in [3.05, 3.63) is 0 Å². The molecule has 0 radical (unpaired) electrons. The smallest absolute Gasteiger partial charge is 0.00464 e. The Morgan fingerprint density at radius 3 is 2.78 bits per heavy atom. The molecule has 6 atom stereocenters. The van der Waals surface area contributed by atoms with Gasteiger partial charge in [-0.05, 0) is 80.2 Å². The van der Waals surface area contributed by atoms with Crippen LogP contribution in [0.3, 0.4) is 0 Å². The van der Waals surface area contributed by atoms with Gasteiger partial charge in [-0.3, -0.25) is 0 Å². The summed E-state index contributed by atoms with van der Waals surface area (Å²) in [6.07, 6.45) is 8.72. The summed E-state index contributed by atoms with van der Waals surface area (Å²) in [6, 6.07) is 0. The van der Waals surface area contributed by atoms with E-state index in [4.69, 9.17) is 0 Å². The van der Waals surface area contributed by atoms with Gasteiger partial charge in [-0.1, -0.05) is 27.2 Å². The Bertz CT molecular complexity index is 300. The van der Waals surface area contributed by atoms with Crippen LogP contribution in [-0.2, 0) is 0 Å². The first-order valence-corrected chi connectivity index (χ1v) is 8.42. The van der Waals surface area contributed by atoms with Crippen LogP contribution in [0.5, 0.6) is 0 Å². The molecule has 0 aromatic heterocycles. The van der Waals surface area contributed by atoms with Crippen molar-refractivity contribution in [2.24, 2.45) is 35.0 Å². The lowest BCUT2D eigenvalue weighted by Crippen LogP contribution is -2.32. The van der Waals surface area contributed by atoms with Gasteiger partial charge in [0, 0.05) is 0 Å². The minimum absolute atomic E-state index is 0.883. The highest BCUT2D eigenvalue weighted by atomic mass is 14.9. The zero-order chi connectivity index (χ0) is 12.8. The third-order valence-corrected chi connectivity index (χ3v) is 6.65. The van der Waals surface area contributed by atoms with Gasteiger partial charge in [-0.25, -0.2) is 0 Å². The monoisotopic (exact) mass is 249 g/mol. The van der Waals surface area contributed by atoms with Crippen LogP contribution < -0.4 is 5.32 Å². The Morgan fingerprint density at radius 1 is 1.33 bits per heavy atom. The first-order chi connectivity index (χ1) is 8.71. The van der Waals surface area contributed by atoms with Gasteiger partial charge in [0.05, 0.1) is 0 Å². The van der Waals surface area contributed by atoms with Crippen LogP contribution in [0.2, 0.25) is 0 Å². The molecule has 1 N–H and O–H groups in total. The lowest BCUT2D eigenvalue weighted by Gasteiger charge is -2.37. The molecule has 4 rings (SSSR count). The van der Waals surface area contributed by atoms with Crippen molar-refractivity contribution < 1.29 is 0 Å². The molecule has 4 aliphatic carbocycles. The topological polar surface area (TPSA) is 12.0 Å². The summed E-state index contributed by atoms with van der Waals surface area (Å²) in [7, 11) is 0. The Kier molecular flexibility index (Phi) is 3.47. The fourth-order valence-electron chi connectivity index (χ4n) is 5.68. The average molecular weight is 249 g/mol. The van der Waals surface area contributed by atoms with Gasteiger partial charge in [0.1, 0.15) is 0 Å². The third-order valence-electron chi connectivity index (χ3n) is 6.65. The normalized spacial score (nSPS) is 45.5. The second-order valence-electron chi connectivity index (χ2n) is 7.47. The van der Waals surface area contributed by atoms with Gasteiger partial charge in [-0.15, -0.1) is 0 Å². The molecule has 0 heterocycles. The molecule has 4 saturated carbocycles. The third kappa shape index (κ3) is 1.77. The summed E-state index contributed by atoms with van der Waals surface area (Å²) in [6.45, 7) is 9.73. The summed E-state index contributed by atoms with van der Waals surface area (Å²) >= 11 is 0. The first kappa shape index (κ1) is 13.0. The highest BCUT2D eigenvalue weighted by molar-refractivity contribution is 5.28.